The maximum absolute atomic E-state index is 5.77. The summed E-state index contributed by atoms with van der Waals surface area (Å²) in [5.74, 6) is 1.58. The quantitative estimate of drug-likeness (QED) is 0.768. The van der Waals surface area contributed by atoms with Gasteiger partial charge in [-0.2, -0.15) is 0 Å². The number of para-hydroxylation sites is 2. The van der Waals surface area contributed by atoms with Gasteiger partial charge in [-0.1, -0.05) is 32.9 Å². The Hall–Kier alpha value is -1.22. The normalized spacial score (nSPS) is 12.3. The Morgan fingerprint density at radius 2 is 1.60 bits per heavy atom. The van der Waals surface area contributed by atoms with Crippen LogP contribution in [0.1, 0.15) is 41.0 Å². The number of rotatable bonds is 7. The number of methoxy groups -OCH3 is 1. The molecule has 0 fully saturated rings. The second-order valence-corrected chi connectivity index (χ2v) is 7.05. The van der Waals surface area contributed by atoms with Crippen LogP contribution in [0.4, 0.5) is 0 Å². The summed E-state index contributed by atoms with van der Waals surface area (Å²) in [6.07, 6.45) is 1.12. The fourth-order valence-electron chi connectivity index (χ4n) is 2.68. The summed E-state index contributed by atoms with van der Waals surface area (Å²) in [4.78, 5) is 0. The minimum atomic E-state index is 0.113. The Morgan fingerprint density at radius 1 is 1.00 bits per heavy atom. The van der Waals surface area contributed by atoms with Crippen molar-refractivity contribution < 1.29 is 9.47 Å². The molecule has 1 aromatic rings. The highest BCUT2D eigenvalue weighted by Gasteiger charge is 2.24. The molecule has 1 aromatic carbocycles. The van der Waals surface area contributed by atoms with Crippen LogP contribution in [0, 0.1) is 5.41 Å². The summed E-state index contributed by atoms with van der Waals surface area (Å²) in [5, 5.41) is 3.56. The van der Waals surface area contributed by atoms with Gasteiger partial charge in [-0.25, -0.2) is 0 Å². The maximum atomic E-state index is 5.77. The zero-order valence-corrected chi connectivity index (χ0v) is 13.7. The van der Waals surface area contributed by atoms with Crippen LogP contribution in [0.15, 0.2) is 24.3 Å². The fourth-order valence-corrected chi connectivity index (χ4v) is 2.68. The molecule has 0 aliphatic rings. The van der Waals surface area contributed by atoms with E-state index in [1.54, 1.807) is 7.11 Å². The molecule has 0 spiro atoms. The highest BCUT2D eigenvalue weighted by Crippen LogP contribution is 2.27. The van der Waals surface area contributed by atoms with Crippen molar-refractivity contribution in [3.8, 4) is 11.5 Å². The van der Waals surface area contributed by atoms with Crippen molar-refractivity contribution >= 4 is 0 Å². The molecule has 0 heterocycles. The lowest BCUT2D eigenvalue weighted by molar-refractivity contribution is 0.220. The van der Waals surface area contributed by atoms with Crippen molar-refractivity contribution in [2.75, 3.05) is 20.3 Å². The average Bonchev–Trinajstić information content (AvgIpc) is 2.32. The Bertz CT molecular complexity index is 408. The van der Waals surface area contributed by atoms with Gasteiger partial charge in [-0.15, -0.1) is 0 Å². The molecule has 0 radical (unpaired) electrons. The second-order valence-electron chi connectivity index (χ2n) is 7.05. The van der Waals surface area contributed by atoms with Crippen LogP contribution >= 0.6 is 0 Å². The van der Waals surface area contributed by atoms with E-state index in [0.29, 0.717) is 12.0 Å². The van der Waals surface area contributed by atoms with Gasteiger partial charge in [-0.3, -0.25) is 0 Å². The number of hydrogen-bond donors (Lipinski definition) is 1. The van der Waals surface area contributed by atoms with Gasteiger partial charge in [0.15, 0.2) is 11.5 Å². The number of ether oxygens (including phenoxy) is 2. The third-order valence-corrected chi connectivity index (χ3v) is 3.00. The smallest absolute Gasteiger partial charge is 0.161 e. The largest absolute Gasteiger partial charge is 0.493 e. The monoisotopic (exact) mass is 279 g/mol. The van der Waals surface area contributed by atoms with Crippen LogP contribution in [0.3, 0.4) is 0 Å². The summed E-state index contributed by atoms with van der Waals surface area (Å²) in [5.41, 5.74) is 0.433. The minimum Gasteiger partial charge on any atom is -0.493 e. The standard InChI is InChI=1S/C17H29NO2/c1-16(2,3)13-17(4,5)18-11-12-20-15-10-8-7-9-14(15)19-6/h7-10,18H,11-13H2,1-6H3. The lowest BCUT2D eigenvalue weighted by Gasteiger charge is -2.33. The molecule has 3 heteroatoms. The zero-order valence-electron chi connectivity index (χ0n) is 13.7. The van der Waals surface area contributed by atoms with Gasteiger partial charge >= 0.3 is 0 Å². The molecule has 1 N–H and O–H groups in total. The van der Waals surface area contributed by atoms with Gasteiger partial charge in [0, 0.05) is 12.1 Å². The third kappa shape index (κ3) is 6.29. The SMILES string of the molecule is COc1ccccc1OCCNC(C)(C)CC(C)(C)C. The van der Waals surface area contributed by atoms with Crippen molar-refractivity contribution in [2.45, 2.75) is 46.6 Å². The van der Waals surface area contributed by atoms with Gasteiger partial charge in [0.05, 0.1) is 7.11 Å². The molecule has 0 saturated carbocycles. The Balaban J connectivity index is 2.38. The van der Waals surface area contributed by atoms with Gasteiger partial charge in [-0.05, 0) is 37.8 Å². The van der Waals surface area contributed by atoms with Crippen LogP contribution in [0.25, 0.3) is 0 Å². The Kier molecular flexibility index (Phi) is 5.88. The van der Waals surface area contributed by atoms with E-state index >= 15 is 0 Å². The molecule has 0 bridgehead atoms. The molecule has 0 aliphatic carbocycles. The van der Waals surface area contributed by atoms with Crippen LogP contribution in [-0.2, 0) is 0 Å². The maximum Gasteiger partial charge on any atom is 0.161 e. The van der Waals surface area contributed by atoms with E-state index in [-0.39, 0.29) is 5.54 Å². The number of benzene rings is 1. The number of nitrogens with one attached hydrogen (secondary N) is 1. The lowest BCUT2D eigenvalue weighted by atomic mass is 9.82. The molecular formula is C17H29NO2. The molecule has 3 nitrogen and oxygen atoms in total. The summed E-state index contributed by atoms with van der Waals surface area (Å²) in [7, 11) is 1.66. The molecular weight excluding hydrogens is 250 g/mol. The zero-order chi connectivity index (χ0) is 15.2. The van der Waals surface area contributed by atoms with E-state index in [4.69, 9.17) is 9.47 Å². The molecule has 1 rings (SSSR count). The van der Waals surface area contributed by atoms with Crippen LogP contribution in [0.5, 0.6) is 11.5 Å². The van der Waals surface area contributed by atoms with Crippen molar-refractivity contribution in [3.05, 3.63) is 24.3 Å². The van der Waals surface area contributed by atoms with E-state index in [1.807, 2.05) is 24.3 Å². The molecule has 0 amide bonds. The molecule has 114 valence electrons. The Labute approximate surface area is 123 Å². The van der Waals surface area contributed by atoms with E-state index < -0.39 is 0 Å². The highest BCUT2D eigenvalue weighted by molar-refractivity contribution is 5.39. The average molecular weight is 279 g/mol. The summed E-state index contributed by atoms with van der Waals surface area (Å²) < 4.78 is 11.0. The molecule has 0 unspecified atom stereocenters. The first kappa shape index (κ1) is 16.8. The summed E-state index contributed by atoms with van der Waals surface area (Å²) >= 11 is 0. The van der Waals surface area contributed by atoms with Crippen molar-refractivity contribution in [1.29, 1.82) is 0 Å². The second kappa shape index (κ2) is 6.98. The predicted octanol–water partition coefficient (Wildman–Crippen LogP) is 3.88. The molecule has 0 atom stereocenters. The molecule has 0 aromatic heterocycles. The summed E-state index contributed by atoms with van der Waals surface area (Å²) in [6.45, 7) is 12.7. The minimum absolute atomic E-state index is 0.113. The summed E-state index contributed by atoms with van der Waals surface area (Å²) in [6, 6.07) is 7.73. The highest BCUT2D eigenvalue weighted by atomic mass is 16.5. The molecule has 0 aliphatic heterocycles. The van der Waals surface area contributed by atoms with E-state index in [0.717, 1.165) is 24.5 Å². The van der Waals surface area contributed by atoms with Gasteiger partial charge in [0.1, 0.15) is 6.61 Å². The van der Waals surface area contributed by atoms with E-state index in [9.17, 15) is 0 Å². The van der Waals surface area contributed by atoms with Gasteiger partial charge < -0.3 is 14.8 Å². The van der Waals surface area contributed by atoms with Crippen LogP contribution in [0.2, 0.25) is 0 Å². The number of hydrogen-bond acceptors (Lipinski definition) is 3. The first-order chi connectivity index (χ1) is 9.23. The van der Waals surface area contributed by atoms with E-state index in [1.165, 1.54) is 0 Å². The van der Waals surface area contributed by atoms with Crippen molar-refractivity contribution in [2.24, 2.45) is 5.41 Å². The van der Waals surface area contributed by atoms with E-state index in [2.05, 4.69) is 39.9 Å². The topological polar surface area (TPSA) is 30.5 Å². The fraction of sp³-hybridized carbons (Fsp3) is 0.647. The predicted molar refractivity (Wildman–Crippen MR) is 84.6 cm³/mol. The third-order valence-electron chi connectivity index (χ3n) is 3.00. The van der Waals surface area contributed by atoms with Crippen molar-refractivity contribution in [1.82, 2.24) is 5.32 Å². The van der Waals surface area contributed by atoms with Gasteiger partial charge in [0.2, 0.25) is 0 Å². The molecule has 20 heavy (non-hydrogen) atoms. The van der Waals surface area contributed by atoms with Crippen molar-refractivity contribution in [3.63, 3.8) is 0 Å². The lowest BCUT2D eigenvalue weighted by Crippen LogP contribution is -2.44. The first-order valence-electron chi connectivity index (χ1n) is 7.24. The Morgan fingerprint density at radius 3 is 2.15 bits per heavy atom. The van der Waals surface area contributed by atoms with Crippen LogP contribution < -0.4 is 14.8 Å². The van der Waals surface area contributed by atoms with Crippen LogP contribution in [-0.4, -0.2) is 25.8 Å². The molecule has 0 saturated heterocycles. The first-order valence-corrected chi connectivity index (χ1v) is 7.24. The van der Waals surface area contributed by atoms with Gasteiger partial charge in [0.25, 0.3) is 0 Å².